The lowest BCUT2D eigenvalue weighted by Gasteiger charge is -2.48. The van der Waals surface area contributed by atoms with Gasteiger partial charge in [0.15, 0.2) is 6.04 Å². The molecule has 0 bridgehead atoms. The van der Waals surface area contributed by atoms with Crippen molar-refractivity contribution in [3.8, 4) is 0 Å². The first-order chi connectivity index (χ1) is 14.0. The van der Waals surface area contributed by atoms with Gasteiger partial charge in [-0.25, -0.2) is 4.79 Å². The second kappa shape index (κ2) is 8.81. The van der Waals surface area contributed by atoms with Crippen molar-refractivity contribution in [1.29, 1.82) is 0 Å². The summed E-state index contributed by atoms with van der Waals surface area (Å²) in [5.74, 6) is -1.58. The third-order valence-corrected chi connectivity index (χ3v) is 6.47. The molecular formula is C20H24N2O6S2. The predicted octanol–water partition coefficient (Wildman–Crippen LogP) is 2.20. The van der Waals surface area contributed by atoms with E-state index in [1.165, 1.54) is 34.9 Å². The van der Waals surface area contributed by atoms with Gasteiger partial charge in [0.1, 0.15) is 12.2 Å². The van der Waals surface area contributed by atoms with Crippen LogP contribution in [0.4, 0.5) is 0 Å². The van der Waals surface area contributed by atoms with Crippen molar-refractivity contribution >= 4 is 46.9 Å². The fraction of sp³-hybridized carbons (Fsp3) is 0.500. The predicted molar refractivity (Wildman–Crippen MR) is 112 cm³/mol. The monoisotopic (exact) mass is 452 g/mol. The van der Waals surface area contributed by atoms with Crippen LogP contribution in [0.25, 0.3) is 0 Å². The Labute approximate surface area is 183 Å². The zero-order valence-corrected chi connectivity index (χ0v) is 18.9. The summed E-state index contributed by atoms with van der Waals surface area (Å²) in [6.45, 7) is 6.23. The average Bonchev–Trinajstić information content (AvgIpc) is 3.10. The van der Waals surface area contributed by atoms with Crippen LogP contribution in [0, 0.1) is 0 Å². The Morgan fingerprint density at radius 2 is 2.03 bits per heavy atom. The van der Waals surface area contributed by atoms with Crippen LogP contribution in [0.2, 0.25) is 0 Å². The normalized spacial score (nSPS) is 20.9. The molecule has 3 heterocycles. The van der Waals surface area contributed by atoms with E-state index >= 15 is 0 Å². The number of esters is 2. The number of carbonyl (C=O) groups is 4. The van der Waals surface area contributed by atoms with E-state index in [4.69, 9.17) is 9.47 Å². The fourth-order valence-corrected chi connectivity index (χ4v) is 5.15. The van der Waals surface area contributed by atoms with E-state index in [-0.39, 0.29) is 36.6 Å². The number of thiophene rings is 1. The molecule has 1 saturated heterocycles. The van der Waals surface area contributed by atoms with Crippen LogP contribution in [0.1, 0.15) is 39.0 Å². The standard InChI is InChI=1S/C20H24N2O6S2/c1-11(23)27-10-13-17(19(26)28-20(2,3)4)22-15(25)9-16(22)30-18(13)21-14(24)8-12-6-5-7-29-12/h5-7,16-17H,8-10H2,1-4H3,(H,21,24)/t16-,17?/m1/s1. The van der Waals surface area contributed by atoms with Crippen LogP contribution >= 0.6 is 23.1 Å². The van der Waals surface area contributed by atoms with Gasteiger partial charge in [-0.15, -0.1) is 11.3 Å². The Bertz CT molecular complexity index is 888. The highest BCUT2D eigenvalue weighted by Gasteiger charge is 2.51. The van der Waals surface area contributed by atoms with Crippen molar-refractivity contribution < 1.29 is 28.7 Å². The van der Waals surface area contributed by atoms with E-state index in [9.17, 15) is 19.2 Å². The van der Waals surface area contributed by atoms with Gasteiger partial charge in [-0.05, 0) is 32.2 Å². The number of β-lactam (4-membered cyclic amide) rings is 1. The Balaban J connectivity index is 1.91. The molecule has 0 aliphatic carbocycles. The van der Waals surface area contributed by atoms with E-state index in [1.807, 2.05) is 17.5 Å². The number of hydrogen-bond donors (Lipinski definition) is 1. The highest BCUT2D eigenvalue weighted by atomic mass is 32.2. The molecule has 10 heteroatoms. The van der Waals surface area contributed by atoms with Crippen LogP contribution in [0.3, 0.4) is 0 Å². The van der Waals surface area contributed by atoms with Gasteiger partial charge in [-0.1, -0.05) is 17.8 Å². The molecule has 8 nitrogen and oxygen atoms in total. The maximum atomic E-state index is 13.0. The molecule has 0 aromatic carbocycles. The number of thioether (sulfide) groups is 1. The molecule has 0 saturated carbocycles. The van der Waals surface area contributed by atoms with E-state index in [0.29, 0.717) is 10.6 Å². The van der Waals surface area contributed by atoms with Crippen LogP contribution in [0.5, 0.6) is 0 Å². The highest BCUT2D eigenvalue weighted by Crippen LogP contribution is 2.43. The second-order valence-electron chi connectivity index (χ2n) is 7.95. The Hall–Kier alpha value is -2.33. The number of amides is 2. The van der Waals surface area contributed by atoms with E-state index in [2.05, 4.69) is 5.32 Å². The van der Waals surface area contributed by atoms with E-state index in [1.54, 1.807) is 20.8 Å². The summed E-state index contributed by atoms with van der Waals surface area (Å²) < 4.78 is 10.7. The van der Waals surface area contributed by atoms with Crippen molar-refractivity contribution in [2.24, 2.45) is 0 Å². The number of carbonyl (C=O) groups excluding carboxylic acids is 4. The smallest absolute Gasteiger partial charge is 0.334 e. The molecular weight excluding hydrogens is 428 g/mol. The molecule has 30 heavy (non-hydrogen) atoms. The average molecular weight is 453 g/mol. The summed E-state index contributed by atoms with van der Waals surface area (Å²) in [6.07, 6.45) is 0.447. The third-order valence-electron chi connectivity index (χ3n) is 4.33. The van der Waals surface area contributed by atoms with Crippen LogP contribution in [-0.4, -0.2) is 52.3 Å². The summed E-state index contributed by atoms with van der Waals surface area (Å²) in [7, 11) is 0. The Morgan fingerprint density at radius 3 is 2.60 bits per heavy atom. The lowest BCUT2D eigenvalue weighted by molar-refractivity contribution is -0.168. The molecule has 2 atom stereocenters. The van der Waals surface area contributed by atoms with Crippen LogP contribution in [0.15, 0.2) is 28.1 Å². The number of nitrogens with zero attached hydrogens (tertiary/aromatic N) is 1. The number of nitrogens with one attached hydrogen (secondary N) is 1. The van der Waals surface area contributed by atoms with Gasteiger partial charge in [0, 0.05) is 17.4 Å². The fourth-order valence-electron chi connectivity index (χ4n) is 3.10. The zero-order chi connectivity index (χ0) is 22.1. The van der Waals surface area contributed by atoms with Crippen molar-refractivity contribution in [1.82, 2.24) is 10.2 Å². The molecule has 1 aromatic heterocycles. The zero-order valence-electron chi connectivity index (χ0n) is 17.2. The first kappa shape index (κ1) is 22.4. The van der Waals surface area contributed by atoms with Gasteiger partial charge >= 0.3 is 11.9 Å². The van der Waals surface area contributed by atoms with Crippen LogP contribution < -0.4 is 5.32 Å². The molecule has 3 rings (SSSR count). The first-order valence-corrected chi connectivity index (χ1v) is 11.2. The van der Waals surface area contributed by atoms with Crippen LogP contribution in [-0.2, 0) is 35.1 Å². The molecule has 1 fully saturated rings. The molecule has 2 aliphatic rings. The first-order valence-electron chi connectivity index (χ1n) is 9.44. The van der Waals surface area contributed by atoms with E-state index < -0.39 is 23.6 Å². The number of rotatable bonds is 6. The van der Waals surface area contributed by atoms with Gasteiger partial charge in [0.05, 0.1) is 23.2 Å². The highest BCUT2D eigenvalue weighted by molar-refractivity contribution is 8.03. The minimum atomic E-state index is -1.05. The summed E-state index contributed by atoms with van der Waals surface area (Å²) in [6, 6.07) is 2.68. The molecule has 1 aromatic rings. The van der Waals surface area contributed by atoms with Crippen molar-refractivity contribution in [2.75, 3.05) is 6.61 Å². The van der Waals surface area contributed by atoms with Gasteiger partial charge in [-0.2, -0.15) is 0 Å². The van der Waals surface area contributed by atoms with Crippen molar-refractivity contribution in [3.63, 3.8) is 0 Å². The Morgan fingerprint density at radius 1 is 1.30 bits per heavy atom. The van der Waals surface area contributed by atoms with Crippen molar-refractivity contribution in [2.45, 2.75) is 57.6 Å². The molecule has 2 aliphatic heterocycles. The lowest BCUT2D eigenvalue weighted by Crippen LogP contribution is -2.62. The van der Waals surface area contributed by atoms with Crippen molar-refractivity contribution in [3.05, 3.63) is 33.0 Å². The number of ether oxygens (including phenoxy) is 2. The van der Waals surface area contributed by atoms with Gasteiger partial charge in [0.2, 0.25) is 11.8 Å². The Kier molecular flexibility index (Phi) is 6.56. The molecule has 162 valence electrons. The lowest BCUT2D eigenvalue weighted by atomic mass is 10.0. The summed E-state index contributed by atoms with van der Waals surface area (Å²) >= 11 is 2.75. The minimum absolute atomic E-state index is 0.187. The van der Waals surface area contributed by atoms with Gasteiger partial charge in [0.25, 0.3) is 0 Å². The maximum absolute atomic E-state index is 13.0. The topological polar surface area (TPSA) is 102 Å². The SMILES string of the molecule is CC(=O)OCC1=C(NC(=O)Cc2cccs2)S[C@@H]2CC(=O)N2C1C(=O)OC(C)(C)C. The number of hydrogen-bond acceptors (Lipinski definition) is 8. The minimum Gasteiger partial charge on any atom is -0.461 e. The summed E-state index contributed by atoms with van der Waals surface area (Å²) in [5.41, 5.74) is -0.423. The largest absolute Gasteiger partial charge is 0.461 e. The van der Waals surface area contributed by atoms with Gasteiger partial charge < -0.3 is 19.7 Å². The third kappa shape index (κ3) is 5.23. The summed E-state index contributed by atoms with van der Waals surface area (Å²) in [4.78, 5) is 51.6. The number of fused-ring (bicyclic) bond motifs is 1. The second-order valence-corrected chi connectivity index (χ2v) is 10.2. The quantitative estimate of drug-likeness (QED) is 0.521. The molecule has 1 unspecified atom stereocenters. The molecule has 0 radical (unpaired) electrons. The summed E-state index contributed by atoms with van der Waals surface area (Å²) in [5, 5.41) is 4.89. The van der Waals surface area contributed by atoms with Gasteiger partial charge in [-0.3, -0.25) is 14.4 Å². The van der Waals surface area contributed by atoms with E-state index in [0.717, 1.165) is 4.88 Å². The molecule has 2 amide bonds. The molecule has 1 N–H and O–H groups in total. The molecule has 0 spiro atoms. The maximum Gasteiger partial charge on any atom is 0.334 e.